The summed E-state index contributed by atoms with van der Waals surface area (Å²) in [6, 6.07) is 9.73. The molecule has 1 aromatic carbocycles. The average Bonchev–Trinajstić information content (AvgIpc) is 3.31. The van der Waals surface area contributed by atoms with Crippen LogP contribution in [0.5, 0.6) is 0 Å². The lowest BCUT2D eigenvalue weighted by atomic mass is 9.88. The molecule has 0 aliphatic carbocycles. The van der Waals surface area contributed by atoms with Gasteiger partial charge in [-0.25, -0.2) is 4.79 Å². The van der Waals surface area contributed by atoms with Gasteiger partial charge in [0.25, 0.3) is 5.91 Å². The Morgan fingerprint density at radius 2 is 1.97 bits per heavy atom. The summed E-state index contributed by atoms with van der Waals surface area (Å²) >= 11 is 7.32. The van der Waals surface area contributed by atoms with Crippen molar-refractivity contribution < 1.29 is 14.4 Å². The monoisotopic (exact) mass is 462 g/mol. The maximum absolute atomic E-state index is 12.8. The summed E-state index contributed by atoms with van der Waals surface area (Å²) in [6.07, 6.45) is 2.06. The summed E-state index contributed by atoms with van der Waals surface area (Å²) in [4.78, 5) is 40.2. The highest BCUT2D eigenvalue weighted by Gasteiger charge is 2.34. The second kappa shape index (κ2) is 11.2. The Kier molecular flexibility index (Phi) is 8.31. The minimum atomic E-state index is -0.626. The van der Waals surface area contributed by atoms with Crippen LogP contribution in [0.2, 0.25) is 5.02 Å². The first-order chi connectivity index (χ1) is 15.0. The number of nitrogens with one attached hydrogen (secondary N) is 3. The van der Waals surface area contributed by atoms with Gasteiger partial charge in [0, 0.05) is 30.3 Å². The third-order valence-corrected chi connectivity index (χ3v) is 6.34. The van der Waals surface area contributed by atoms with E-state index >= 15 is 0 Å². The highest BCUT2D eigenvalue weighted by atomic mass is 35.5. The maximum Gasteiger partial charge on any atom is 0.321 e. The number of benzene rings is 1. The van der Waals surface area contributed by atoms with Crippen LogP contribution in [0.4, 0.5) is 10.5 Å². The molecule has 1 aromatic heterocycles. The third kappa shape index (κ3) is 6.45. The van der Waals surface area contributed by atoms with Gasteiger partial charge in [0.05, 0.1) is 4.88 Å². The number of rotatable bonds is 7. The van der Waals surface area contributed by atoms with Crippen LogP contribution in [0.3, 0.4) is 0 Å². The van der Waals surface area contributed by atoms with E-state index in [9.17, 15) is 14.4 Å². The number of nitrogens with zero attached hydrogens (tertiary/aromatic N) is 1. The molecule has 166 valence electrons. The van der Waals surface area contributed by atoms with Crippen molar-refractivity contribution in [2.75, 3.05) is 25.0 Å². The van der Waals surface area contributed by atoms with Crippen LogP contribution in [0.15, 0.2) is 41.8 Å². The number of halogens is 1. The summed E-state index contributed by atoms with van der Waals surface area (Å²) in [6.45, 7) is 3.55. The van der Waals surface area contributed by atoms with Gasteiger partial charge in [-0.1, -0.05) is 30.7 Å². The number of piperidine rings is 1. The van der Waals surface area contributed by atoms with Gasteiger partial charge in [0.1, 0.15) is 6.04 Å². The van der Waals surface area contributed by atoms with Gasteiger partial charge in [0.2, 0.25) is 5.91 Å². The van der Waals surface area contributed by atoms with E-state index < -0.39 is 6.04 Å². The molecule has 31 heavy (non-hydrogen) atoms. The minimum Gasteiger partial charge on any atom is -0.354 e. The van der Waals surface area contributed by atoms with Crippen LogP contribution in [0, 0.1) is 5.92 Å². The first kappa shape index (κ1) is 23.1. The lowest BCUT2D eigenvalue weighted by Crippen LogP contribution is -2.54. The number of hydrogen-bond acceptors (Lipinski definition) is 4. The maximum atomic E-state index is 12.8. The molecule has 0 saturated carbocycles. The van der Waals surface area contributed by atoms with E-state index in [2.05, 4.69) is 16.0 Å². The lowest BCUT2D eigenvalue weighted by Gasteiger charge is -2.35. The molecule has 3 rings (SSSR count). The van der Waals surface area contributed by atoms with Crippen molar-refractivity contribution in [2.45, 2.75) is 32.2 Å². The third-order valence-electron chi connectivity index (χ3n) is 5.24. The van der Waals surface area contributed by atoms with Gasteiger partial charge >= 0.3 is 6.03 Å². The molecule has 0 radical (unpaired) electrons. The fraction of sp³-hybridized carbons (Fsp3) is 0.409. The number of thiophene rings is 1. The molecule has 9 heteroatoms. The molecule has 1 fully saturated rings. The summed E-state index contributed by atoms with van der Waals surface area (Å²) in [7, 11) is 0. The van der Waals surface area contributed by atoms with Gasteiger partial charge < -0.3 is 20.9 Å². The van der Waals surface area contributed by atoms with Gasteiger partial charge in [-0.05, 0) is 54.8 Å². The number of hydrogen-bond donors (Lipinski definition) is 3. The molecule has 0 unspecified atom stereocenters. The molecular weight excluding hydrogens is 436 g/mol. The second-order valence-electron chi connectivity index (χ2n) is 7.48. The van der Waals surface area contributed by atoms with E-state index in [4.69, 9.17) is 11.6 Å². The van der Waals surface area contributed by atoms with Crippen LogP contribution < -0.4 is 16.0 Å². The number of amides is 4. The predicted octanol–water partition coefficient (Wildman–Crippen LogP) is 3.97. The first-order valence-corrected chi connectivity index (χ1v) is 11.7. The first-order valence-electron chi connectivity index (χ1n) is 10.4. The lowest BCUT2D eigenvalue weighted by molar-refractivity contribution is -0.124. The van der Waals surface area contributed by atoms with E-state index in [0.717, 1.165) is 6.42 Å². The van der Waals surface area contributed by atoms with Crippen molar-refractivity contribution in [3.05, 3.63) is 51.7 Å². The number of likely N-dealkylation sites (tertiary alicyclic amines) is 1. The Morgan fingerprint density at radius 1 is 1.19 bits per heavy atom. The van der Waals surface area contributed by atoms with Crippen LogP contribution in [-0.4, -0.2) is 48.4 Å². The van der Waals surface area contributed by atoms with Crippen molar-refractivity contribution in [3.63, 3.8) is 0 Å². The SMILES string of the molecule is CCCNC(=O)[C@H](NC(=O)c1cccs1)C1CCN(C(=O)Nc2cccc(Cl)c2)CC1. The van der Waals surface area contributed by atoms with E-state index in [1.807, 2.05) is 18.4 Å². The number of carbonyl (C=O) groups excluding carboxylic acids is 3. The van der Waals surface area contributed by atoms with Gasteiger partial charge in [-0.3, -0.25) is 9.59 Å². The Labute approximate surface area is 191 Å². The Morgan fingerprint density at radius 3 is 2.61 bits per heavy atom. The molecule has 4 amide bonds. The topological polar surface area (TPSA) is 90.5 Å². The molecule has 3 N–H and O–H groups in total. The summed E-state index contributed by atoms with van der Waals surface area (Å²) in [5.74, 6) is -0.461. The molecule has 2 heterocycles. The van der Waals surface area contributed by atoms with Crippen LogP contribution in [-0.2, 0) is 4.79 Å². The Bertz CT molecular complexity index is 898. The quantitative estimate of drug-likeness (QED) is 0.581. The zero-order chi connectivity index (χ0) is 22.2. The van der Waals surface area contributed by atoms with Crippen LogP contribution in [0.1, 0.15) is 35.9 Å². The fourth-order valence-electron chi connectivity index (χ4n) is 3.58. The molecule has 1 saturated heterocycles. The van der Waals surface area contributed by atoms with Gasteiger partial charge in [0.15, 0.2) is 0 Å². The molecule has 0 bridgehead atoms. The molecule has 1 aliphatic heterocycles. The number of carbonyl (C=O) groups is 3. The van der Waals surface area contributed by atoms with E-state index in [1.54, 1.807) is 35.2 Å². The normalized spacial score (nSPS) is 15.2. The van der Waals surface area contributed by atoms with E-state index in [1.165, 1.54) is 11.3 Å². The van der Waals surface area contributed by atoms with Crippen molar-refractivity contribution in [1.29, 1.82) is 0 Å². The predicted molar refractivity (Wildman–Crippen MR) is 124 cm³/mol. The van der Waals surface area contributed by atoms with Gasteiger partial charge in [-0.15, -0.1) is 11.3 Å². The zero-order valence-corrected chi connectivity index (χ0v) is 19.0. The number of anilines is 1. The fourth-order valence-corrected chi connectivity index (χ4v) is 4.40. The van der Waals surface area contributed by atoms with Crippen molar-refractivity contribution in [3.8, 4) is 0 Å². The second-order valence-corrected chi connectivity index (χ2v) is 8.87. The van der Waals surface area contributed by atoms with Crippen molar-refractivity contribution in [2.24, 2.45) is 5.92 Å². The Balaban J connectivity index is 1.60. The van der Waals surface area contributed by atoms with E-state index in [-0.39, 0.29) is 23.8 Å². The van der Waals surface area contributed by atoms with Gasteiger partial charge in [-0.2, -0.15) is 0 Å². The van der Waals surface area contributed by atoms with Crippen molar-refractivity contribution in [1.82, 2.24) is 15.5 Å². The molecule has 2 aromatic rings. The average molecular weight is 463 g/mol. The highest BCUT2D eigenvalue weighted by molar-refractivity contribution is 7.12. The van der Waals surface area contributed by atoms with E-state index in [0.29, 0.717) is 48.1 Å². The van der Waals surface area contributed by atoms with Crippen LogP contribution >= 0.6 is 22.9 Å². The van der Waals surface area contributed by atoms with Crippen molar-refractivity contribution >= 4 is 46.5 Å². The zero-order valence-electron chi connectivity index (χ0n) is 17.4. The minimum absolute atomic E-state index is 0.0454. The smallest absolute Gasteiger partial charge is 0.321 e. The highest BCUT2D eigenvalue weighted by Crippen LogP contribution is 2.23. The van der Waals surface area contributed by atoms with Crippen LogP contribution in [0.25, 0.3) is 0 Å². The molecule has 1 atom stereocenters. The Hall–Kier alpha value is -2.58. The summed E-state index contributed by atoms with van der Waals surface area (Å²) in [5.41, 5.74) is 0.639. The number of urea groups is 1. The largest absolute Gasteiger partial charge is 0.354 e. The molecule has 1 aliphatic rings. The molecular formula is C22H27ClN4O3S. The molecule has 7 nitrogen and oxygen atoms in total. The standard InChI is InChI=1S/C22H27ClN4O3S/c1-2-10-24-21(29)19(26-20(28)18-7-4-13-31-18)15-8-11-27(12-9-15)22(30)25-17-6-3-5-16(23)14-17/h3-7,13-15,19H,2,8-12H2,1H3,(H,24,29)(H,25,30)(H,26,28)/t19-/m1/s1. The summed E-state index contributed by atoms with van der Waals surface area (Å²) in [5, 5.41) is 11.0. The molecule has 0 spiro atoms. The summed E-state index contributed by atoms with van der Waals surface area (Å²) < 4.78 is 0.